The summed E-state index contributed by atoms with van der Waals surface area (Å²) in [7, 11) is 0. The van der Waals surface area contributed by atoms with E-state index in [0.717, 1.165) is 25.0 Å². The first kappa shape index (κ1) is 20.0. The molecule has 2 fully saturated rings. The van der Waals surface area contributed by atoms with Crippen molar-refractivity contribution in [3.63, 3.8) is 0 Å². The average molecular weight is 417 g/mol. The molecule has 2 aliphatic rings. The van der Waals surface area contributed by atoms with Gasteiger partial charge in [0.1, 0.15) is 12.6 Å². The molecule has 0 radical (unpaired) electrons. The molecule has 2 aromatic rings. The van der Waals surface area contributed by atoms with Gasteiger partial charge in [-0.25, -0.2) is 13.6 Å². The maximum atomic E-state index is 13.5. The topological polar surface area (TPSA) is 78.9 Å². The van der Waals surface area contributed by atoms with Crippen LogP contribution in [0.15, 0.2) is 36.5 Å². The van der Waals surface area contributed by atoms with Gasteiger partial charge in [-0.3, -0.25) is 9.69 Å². The molecule has 1 aromatic carbocycles. The zero-order valence-electron chi connectivity index (χ0n) is 16.2. The van der Waals surface area contributed by atoms with Crippen molar-refractivity contribution in [2.45, 2.75) is 18.9 Å². The number of urea groups is 1. The summed E-state index contributed by atoms with van der Waals surface area (Å²) in [6.45, 7) is 1.56. The van der Waals surface area contributed by atoms with Crippen LogP contribution in [0.5, 0.6) is 5.88 Å². The van der Waals surface area contributed by atoms with Gasteiger partial charge in [0, 0.05) is 43.7 Å². The van der Waals surface area contributed by atoms with Crippen molar-refractivity contribution in [2.24, 2.45) is 0 Å². The Labute approximate surface area is 172 Å². The number of aromatic nitrogens is 2. The molecule has 0 N–H and O–H groups in total. The molecular formula is C20H21F2N5O3. The highest BCUT2D eigenvalue weighted by Gasteiger charge is 2.33. The summed E-state index contributed by atoms with van der Waals surface area (Å²) in [6.07, 6.45) is 2.95. The number of piperidine rings is 1. The van der Waals surface area contributed by atoms with Gasteiger partial charge < -0.3 is 14.5 Å². The van der Waals surface area contributed by atoms with E-state index in [9.17, 15) is 18.4 Å². The lowest BCUT2D eigenvalue weighted by Crippen LogP contribution is -2.48. The summed E-state index contributed by atoms with van der Waals surface area (Å²) < 4.78 is 32.4. The Balaban J connectivity index is 1.34. The molecule has 158 valence electrons. The molecule has 30 heavy (non-hydrogen) atoms. The summed E-state index contributed by atoms with van der Waals surface area (Å²) >= 11 is 0. The van der Waals surface area contributed by atoms with Crippen molar-refractivity contribution >= 4 is 17.6 Å². The standard InChI is InChI=1S/C20H21F2N5O3/c21-16-6-5-14(11-17(16)22)27-10-9-26(20(27)29)13-19(28)25-8-2-3-15(12-25)30-18-4-1-7-23-24-18/h1,4-7,11,15H,2-3,8-10,12-13H2. The Hall–Kier alpha value is -3.30. The largest absolute Gasteiger partial charge is 0.471 e. The number of rotatable bonds is 5. The monoisotopic (exact) mass is 417 g/mol. The summed E-state index contributed by atoms with van der Waals surface area (Å²) in [6, 6.07) is 6.35. The summed E-state index contributed by atoms with van der Waals surface area (Å²) in [4.78, 5) is 29.8. The van der Waals surface area contributed by atoms with Crippen LogP contribution in [0, 0.1) is 11.6 Å². The highest BCUT2D eigenvalue weighted by atomic mass is 19.2. The number of likely N-dealkylation sites (tertiary alicyclic amines) is 1. The fourth-order valence-corrected chi connectivity index (χ4v) is 3.67. The van der Waals surface area contributed by atoms with Crippen LogP contribution in [0.2, 0.25) is 0 Å². The first-order valence-electron chi connectivity index (χ1n) is 9.75. The van der Waals surface area contributed by atoms with E-state index >= 15 is 0 Å². The van der Waals surface area contributed by atoms with Crippen molar-refractivity contribution in [1.82, 2.24) is 20.0 Å². The second kappa shape index (κ2) is 8.60. The van der Waals surface area contributed by atoms with E-state index in [1.54, 1.807) is 23.2 Å². The minimum atomic E-state index is -1.02. The molecule has 1 atom stereocenters. The van der Waals surface area contributed by atoms with E-state index in [2.05, 4.69) is 10.2 Å². The minimum Gasteiger partial charge on any atom is -0.471 e. The number of halogens is 2. The first-order valence-corrected chi connectivity index (χ1v) is 9.75. The average Bonchev–Trinajstić information content (AvgIpc) is 3.11. The number of amides is 3. The fourth-order valence-electron chi connectivity index (χ4n) is 3.67. The van der Waals surface area contributed by atoms with E-state index in [4.69, 9.17) is 4.74 Å². The van der Waals surface area contributed by atoms with Crippen LogP contribution in [-0.2, 0) is 4.79 Å². The van der Waals surface area contributed by atoms with Gasteiger partial charge in [0.25, 0.3) is 0 Å². The summed E-state index contributed by atoms with van der Waals surface area (Å²) in [5.41, 5.74) is 0.268. The maximum absolute atomic E-state index is 13.5. The Morgan fingerprint density at radius 1 is 1.17 bits per heavy atom. The quantitative estimate of drug-likeness (QED) is 0.744. The van der Waals surface area contributed by atoms with Crippen molar-refractivity contribution < 1.29 is 23.1 Å². The van der Waals surface area contributed by atoms with Crippen LogP contribution in [0.4, 0.5) is 19.3 Å². The lowest BCUT2D eigenvalue weighted by molar-refractivity contribution is -0.134. The SMILES string of the molecule is O=C(CN1CCN(c2ccc(F)c(F)c2)C1=O)N1CCCC(Oc2cccnn2)C1. The van der Waals surface area contributed by atoms with E-state index in [-0.39, 0.29) is 24.2 Å². The molecule has 3 heterocycles. The normalized spacial score (nSPS) is 19.3. The van der Waals surface area contributed by atoms with Crippen LogP contribution in [0.25, 0.3) is 0 Å². The molecule has 10 heteroatoms. The van der Waals surface area contributed by atoms with Gasteiger partial charge in [0.15, 0.2) is 11.6 Å². The molecule has 0 saturated carbocycles. The highest BCUT2D eigenvalue weighted by Crippen LogP contribution is 2.23. The van der Waals surface area contributed by atoms with Gasteiger partial charge in [-0.15, -0.1) is 5.10 Å². The molecule has 4 rings (SSSR count). The minimum absolute atomic E-state index is 0.0725. The Bertz CT molecular complexity index is 930. The summed E-state index contributed by atoms with van der Waals surface area (Å²) in [5, 5.41) is 7.68. The third-order valence-corrected chi connectivity index (χ3v) is 5.20. The number of hydrogen-bond donors (Lipinski definition) is 0. The van der Waals surface area contributed by atoms with Crippen molar-refractivity contribution in [3.8, 4) is 5.88 Å². The molecule has 1 aromatic heterocycles. The zero-order valence-corrected chi connectivity index (χ0v) is 16.2. The third-order valence-electron chi connectivity index (χ3n) is 5.20. The number of carbonyl (C=O) groups is 2. The van der Waals surface area contributed by atoms with E-state index in [0.29, 0.717) is 32.1 Å². The van der Waals surface area contributed by atoms with Crippen LogP contribution >= 0.6 is 0 Å². The fraction of sp³-hybridized carbons (Fsp3) is 0.400. The van der Waals surface area contributed by atoms with Gasteiger partial charge in [-0.1, -0.05) is 0 Å². The van der Waals surface area contributed by atoms with Crippen molar-refractivity contribution in [2.75, 3.05) is 37.6 Å². The van der Waals surface area contributed by atoms with Gasteiger partial charge >= 0.3 is 6.03 Å². The van der Waals surface area contributed by atoms with Gasteiger partial charge in [0.05, 0.1) is 6.54 Å². The summed E-state index contributed by atoms with van der Waals surface area (Å²) in [5.74, 6) is -1.75. The number of benzene rings is 1. The van der Waals surface area contributed by atoms with Gasteiger partial charge in [-0.2, -0.15) is 5.10 Å². The molecule has 3 amide bonds. The number of carbonyl (C=O) groups excluding carboxylic acids is 2. The number of ether oxygens (including phenoxy) is 1. The van der Waals surface area contributed by atoms with E-state index in [1.807, 2.05) is 0 Å². The second-order valence-corrected chi connectivity index (χ2v) is 7.24. The first-order chi connectivity index (χ1) is 14.5. The molecule has 1 unspecified atom stereocenters. The predicted octanol–water partition coefficient (Wildman–Crippen LogP) is 2.07. The van der Waals surface area contributed by atoms with Crippen LogP contribution in [0.3, 0.4) is 0 Å². The molecule has 0 spiro atoms. The Morgan fingerprint density at radius 2 is 2.03 bits per heavy atom. The van der Waals surface area contributed by atoms with Crippen LogP contribution < -0.4 is 9.64 Å². The van der Waals surface area contributed by atoms with Gasteiger partial charge in [-0.05, 0) is 31.0 Å². The molecule has 8 nitrogen and oxygen atoms in total. The molecule has 0 aliphatic carbocycles. The van der Waals surface area contributed by atoms with Gasteiger partial charge in [0.2, 0.25) is 11.8 Å². The number of nitrogens with zero attached hydrogens (tertiary/aromatic N) is 5. The molecule has 2 aliphatic heterocycles. The molecule has 0 bridgehead atoms. The lowest BCUT2D eigenvalue weighted by atomic mass is 10.1. The zero-order chi connectivity index (χ0) is 21.1. The Kier molecular flexibility index (Phi) is 5.73. The van der Waals surface area contributed by atoms with Crippen LogP contribution in [-0.4, -0.2) is 70.8 Å². The highest BCUT2D eigenvalue weighted by molar-refractivity contribution is 5.96. The van der Waals surface area contributed by atoms with Crippen molar-refractivity contribution in [3.05, 3.63) is 48.2 Å². The number of anilines is 1. The molecule has 2 saturated heterocycles. The smallest absolute Gasteiger partial charge is 0.325 e. The maximum Gasteiger partial charge on any atom is 0.325 e. The number of hydrogen-bond acceptors (Lipinski definition) is 5. The predicted molar refractivity (Wildman–Crippen MR) is 103 cm³/mol. The Morgan fingerprint density at radius 3 is 2.80 bits per heavy atom. The van der Waals surface area contributed by atoms with E-state index < -0.39 is 17.7 Å². The lowest BCUT2D eigenvalue weighted by Gasteiger charge is -2.33. The van der Waals surface area contributed by atoms with Crippen molar-refractivity contribution in [1.29, 1.82) is 0 Å². The third kappa shape index (κ3) is 4.32. The molecular weight excluding hydrogens is 396 g/mol. The van der Waals surface area contributed by atoms with Crippen LogP contribution in [0.1, 0.15) is 12.8 Å². The van der Waals surface area contributed by atoms with E-state index in [1.165, 1.54) is 15.9 Å². The second-order valence-electron chi connectivity index (χ2n) is 7.24.